The lowest BCUT2D eigenvalue weighted by atomic mass is 9.99. The van der Waals surface area contributed by atoms with Gasteiger partial charge in [-0.1, -0.05) is 41.4 Å². The van der Waals surface area contributed by atoms with Gasteiger partial charge in [-0.05, 0) is 54.7 Å². The number of hydrogen-bond acceptors (Lipinski definition) is 2. The van der Waals surface area contributed by atoms with Crippen molar-refractivity contribution in [3.63, 3.8) is 0 Å². The van der Waals surface area contributed by atoms with E-state index in [1.54, 1.807) is 0 Å². The minimum absolute atomic E-state index is 0.162. The highest BCUT2D eigenvalue weighted by Gasteiger charge is 2.23. The molecule has 4 heteroatoms. The number of benzene rings is 2. The van der Waals surface area contributed by atoms with Gasteiger partial charge in [-0.2, -0.15) is 0 Å². The van der Waals surface area contributed by atoms with Gasteiger partial charge in [0.1, 0.15) is 5.75 Å². The molecule has 21 heavy (non-hydrogen) atoms. The zero-order chi connectivity index (χ0) is 14.8. The number of rotatable bonds is 5. The van der Waals surface area contributed by atoms with Crippen molar-refractivity contribution >= 4 is 23.2 Å². The zero-order valence-electron chi connectivity index (χ0n) is 11.6. The zero-order valence-corrected chi connectivity index (χ0v) is 13.1. The number of hydrogen-bond donors (Lipinski definition) is 1. The highest BCUT2D eigenvalue weighted by atomic mass is 35.5. The average molecular weight is 322 g/mol. The molecule has 2 aromatic rings. The Morgan fingerprint density at radius 3 is 2.43 bits per heavy atom. The van der Waals surface area contributed by atoms with Crippen molar-refractivity contribution < 1.29 is 4.74 Å². The predicted molar refractivity (Wildman–Crippen MR) is 87.2 cm³/mol. The molecule has 0 radical (unpaired) electrons. The van der Waals surface area contributed by atoms with E-state index in [4.69, 9.17) is 33.7 Å². The molecule has 0 aromatic heterocycles. The van der Waals surface area contributed by atoms with E-state index >= 15 is 0 Å². The first-order chi connectivity index (χ1) is 10.1. The molecule has 1 saturated carbocycles. The summed E-state index contributed by atoms with van der Waals surface area (Å²) in [4.78, 5) is 0. The normalized spacial score (nSPS) is 15.8. The van der Waals surface area contributed by atoms with Crippen LogP contribution in [0.4, 0.5) is 0 Å². The summed E-state index contributed by atoms with van der Waals surface area (Å²) in [6, 6.07) is 13.3. The molecule has 0 bridgehead atoms. The molecule has 0 saturated heterocycles. The van der Waals surface area contributed by atoms with Gasteiger partial charge in [0, 0.05) is 16.1 Å². The molecule has 2 aromatic carbocycles. The molecule has 2 nitrogen and oxygen atoms in total. The highest BCUT2D eigenvalue weighted by Crippen LogP contribution is 2.31. The third-order valence-electron chi connectivity index (χ3n) is 3.60. The quantitative estimate of drug-likeness (QED) is 0.860. The van der Waals surface area contributed by atoms with Gasteiger partial charge in [-0.25, -0.2) is 0 Å². The molecule has 1 unspecified atom stereocenters. The van der Waals surface area contributed by atoms with Gasteiger partial charge >= 0.3 is 0 Å². The molecular formula is C17H17Cl2NO. The van der Waals surface area contributed by atoms with Crippen molar-refractivity contribution in [2.24, 2.45) is 5.73 Å². The minimum Gasteiger partial charge on any atom is -0.490 e. The molecule has 1 aliphatic rings. The van der Waals surface area contributed by atoms with Crippen LogP contribution in [0, 0.1) is 0 Å². The monoisotopic (exact) mass is 321 g/mol. The van der Waals surface area contributed by atoms with E-state index in [1.807, 2.05) is 42.5 Å². The smallest absolute Gasteiger partial charge is 0.120 e. The van der Waals surface area contributed by atoms with E-state index in [9.17, 15) is 0 Å². The van der Waals surface area contributed by atoms with Crippen LogP contribution in [-0.2, 0) is 6.42 Å². The van der Waals surface area contributed by atoms with E-state index in [0.29, 0.717) is 22.6 Å². The van der Waals surface area contributed by atoms with Gasteiger partial charge < -0.3 is 10.5 Å². The van der Waals surface area contributed by atoms with Crippen LogP contribution >= 0.6 is 23.2 Å². The molecular weight excluding hydrogens is 305 g/mol. The summed E-state index contributed by atoms with van der Waals surface area (Å²) in [5.74, 6) is 0.885. The lowest BCUT2D eigenvalue weighted by Crippen LogP contribution is -2.14. The van der Waals surface area contributed by atoms with Crippen LogP contribution in [0.3, 0.4) is 0 Å². The van der Waals surface area contributed by atoms with Gasteiger partial charge in [0.25, 0.3) is 0 Å². The summed E-state index contributed by atoms with van der Waals surface area (Å²) in [5.41, 5.74) is 8.23. The SMILES string of the molecule is NC(Cc1c(Cl)cccc1Cl)c1cccc(OC2CC2)c1. The molecule has 1 aliphatic carbocycles. The number of halogens is 2. The van der Waals surface area contributed by atoms with Gasteiger partial charge in [-0.15, -0.1) is 0 Å². The first kappa shape index (κ1) is 14.7. The van der Waals surface area contributed by atoms with E-state index in [0.717, 1.165) is 29.7 Å². The molecule has 3 rings (SSSR count). The average Bonchev–Trinajstić information content (AvgIpc) is 3.27. The lowest BCUT2D eigenvalue weighted by Gasteiger charge is -2.15. The van der Waals surface area contributed by atoms with Crippen molar-refractivity contribution in [2.45, 2.75) is 31.4 Å². The van der Waals surface area contributed by atoms with Crippen LogP contribution < -0.4 is 10.5 Å². The topological polar surface area (TPSA) is 35.2 Å². The predicted octanol–water partition coefficient (Wildman–Crippen LogP) is 4.78. The second-order valence-electron chi connectivity index (χ2n) is 5.40. The van der Waals surface area contributed by atoms with E-state index < -0.39 is 0 Å². The maximum atomic E-state index is 6.31. The highest BCUT2D eigenvalue weighted by molar-refractivity contribution is 6.36. The maximum Gasteiger partial charge on any atom is 0.120 e. The Labute approximate surface area is 134 Å². The Balaban J connectivity index is 1.76. The Morgan fingerprint density at radius 1 is 1.10 bits per heavy atom. The molecule has 110 valence electrons. The summed E-state index contributed by atoms with van der Waals surface area (Å²) in [6.07, 6.45) is 3.28. The van der Waals surface area contributed by atoms with Crippen LogP contribution in [0.25, 0.3) is 0 Å². The number of nitrogens with two attached hydrogens (primary N) is 1. The van der Waals surface area contributed by atoms with Crippen LogP contribution in [-0.4, -0.2) is 6.10 Å². The van der Waals surface area contributed by atoms with E-state index in [2.05, 4.69) is 0 Å². The summed E-state index contributed by atoms with van der Waals surface area (Å²) in [7, 11) is 0. The minimum atomic E-state index is -0.162. The lowest BCUT2D eigenvalue weighted by molar-refractivity contribution is 0.302. The second kappa shape index (κ2) is 6.27. The van der Waals surface area contributed by atoms with Crippen molar-refractivity contribution in [1.29, 1.82) is 0 Å². The standard InChI is InChI=1S/C17H17Cl2NO/c18-15-5-2-6-16(19)14(15)10-17(20)11-3-1-4-13(9-11)21-12-7-8-12/h1-6,9,12,17H,7-8,10,20H2. The number of ether oxygens (including phenoxy) is 1. The molecule has 2 N–H and O–H groups in total. The third kappa shape index (κ3) is 3.70. The molecule has 0 heterocycles. The van der Waals surface area contributed by atoms with Crippen molar-refractivity contribution in [3.05, 3.63) is 63.6 Å². The van der Waals surface area contributed by atoms with E-state index in [1.165, 1.54) is 0 Å². The summed E-state index contributed by atoms with van der Waals surface area (Å²) < 4.78 is 5.81. The van der Waals surface area contributed by atoms with E-state index in [-0.39, 0.29) is 6.04 Å². The Bertz CT molecular complexity index is 620. The fraction of sp³-hybridized carbons (Fsp3) is 0.294. The molecule has 1 atom stereocenters. The van der Waals surface area contributed by atoms with Gasteiger partial charge in [0.15, 0.2) is 0 Å². The Kier molecular flexibility index (Phi) is 4.39. The first-order valence-corrected chi connectivity index (χ1v) is 7.84. The fourth-order valence-electron chi connectivity index (χ4n) is 2.26. The van der Waals surface area contributed by atoms with Crippen molar-refractivity contribution in [1.82, 2.24) is 0 Å². The molecule has 0 spiro atoms. The summed E-state index contributed by atoms with van der Waals surface area (Å²) in [6.45, 7) is 0. The van der Waals surface area contributed by atoms with Gasteiger partial charge in [-0.3, -0.25) is 0 Å². The van der Waals surface area contributed by atoms with Crippen LogP contribution in [0.1, 0.15) is 30.0 Å². The Hall–Kier alpha value is -1.22. The second-order valence-corrected chi connectivity index (χ2v) is 6.21. The van der Waals surface area contributed by atoms with Crippen LogP contribution in [0.15, 0.2) is 42.5 Å². The molecule has 1 fully saturated rings. The fourth-order valence-corrected chi connectivity index (χ4v) is 2.81. The Morgan fingerprint density at radius 2 is 1.76 bits per heavy atom. The van der Waals surface area contributed by atoms with Crippen molar-refractivity contribution in [2.75, 3.05) is 0 Å². The van der Waals surface area contributed by atoms with Gasteiger partial charge in [0.2, 0.25) is 0 Å². The third-order valence-corrected chi connectivity index (χ3v) is 4.31. The van der Waals surface area contributed by atoms with Crippen LogP contribution in [0.5, 0.6) is 5.75 Å². The summed E-state index contributed by atoms with van der Waals surface area (Å²) >= 11 is 12.4. The van der Waals surface area contributed by atoms with Gasteiger partial charge in [0.05, 0.1) is 6.10 Å². The largest absolute Gasteiger partial charge is 0.490 e. The maximum absolute atomic E-state index is 6.31. The van der Waals surface area contributed by atoms with Crippen LogP contribution in [0.2, 0.25) is 10.0 Å². The molecule has 0 aliphatic heterocycles. The first-order valence-electron chi connectivity index (χ1n) is 7.08. The molecule has 0 amide bonds. The van der Waals surface area contributed by atoms with Crippen molar-refractivity contribution in [3.8, 4) is 5.75 Å². The summed E-state index contributed by atoms with van der Waals surface area (Å²) in [5, 5.41) is 1.31.